The highest BCUT2D eigenvalue weighted by atomic mass is 16.5. The van der Waals surface area contributed by atoms with Gasteiger partial charge in [0.1, 0.15) is 0 Å². The second-order valence-corrected chi connectivity index (χ2v) is 4.53. The molecular formula is C12H17NO3. The molecule has 88 valence electrons. The summed E-state index contributed by atoms with van der Waals surface area (Å²) in [6.07, 6.45) is 3.28. The molecule has 0 aromatic rings. The SMILES string of the molecule is CC1=CC(=O)N(C(C)C2CCOCC2)C1=O. The molecule has 1 unspecified atom stereocenters. The Labute approximate surface area is 95.2 Å². The van der Waals surface area contributed by atoms with Crippen molar-refractivity contribution in [3.05, 3.63) is 11.6 Å². The maximum absolute atomic E-state index is 11.8. The van der Waals surface area contributed by atoms with Crippen molar-refractivity contribution >= 4 is 11.8 Å². The number of hydrogen-bond donors (Lipinski definition) is 0. The summed E-state index contributed by atoms with van der Waals surface area (Å²) in [5.41, 5.74) is 0.545. The molecule has 2 aliphatic heterocycles. The molecule has 0 saturated carbocycles. The lowest BCUT2D eigenvalue weighted by atomic mass is 9.92. The molecule has 0 aromatic carbocycles. The fourth-order valence-corrected chi connectivity index (χ4v) is 2.40. The lowest BCUT2D eigenvalue weighted by Crippen LogP contribution is -2.44. The van der Waals surface area contributed by atoms with Crippen LogP contribution in [0.15, 0.2) is 11.6 Å². The van der Waals surface area contributed by atoms with Gasteiger partial charge >= 0.3 is 0 Å². The van der Waals surface area contributed by atoms with E-state index in [1.54, 1.807) is 6.92 Å². The van der Waals surface area contributed by atoms with Crippen LogP contribution in [0.2, 0.25) is 0 Å². The number of imide groups is 1. The summed E-state index contributed by atoms with van der Waals surface area (Å²) in [6.45, 7) is 5.12. The average molecular weight is 223 g/mol. The predicted molar refractivity (Wildman–Crippen MR) is 58.6 cm³/mol. The van der Waals surface area contributed by atoms with Crippen LogP contribution in [0.1, 0.15) is 26.7 Å². The molecule has 4 heteroatoms. The average Bonchev–Trinajstić information content (AvgIpc) is 2.54. The van der Waals surface area contributed by atoms with E-state index in [-0.39, 0.29) is 17.9 Å². The minimum atomic E-state index is -0.165. The summed E-state index contributed by atoms with van der Waals surface area (Å²) in [5, 5.41) is 0. The van der Waals surface area contributed by atoms with Crippen LogP contribution in [0.25, 0.3) is 0 Å². The molecule has 0 radical (unpaired) electrons. The number of ether oxygens (including phenoxy) is 1. The first-order chi connectivity index (χ1) is 7.61. The van der Waals surface area contributed by atoms with E-state index in [0.717, 1.165) is 26.1 Å². The highest BCUT2D eigenvalue weighted by Crippen LogP contribution is 2.26. The first-order valence-electron chi connectivity index (χ1n) is 5.75. The Hall–Kier alpha value is -1.16. The summed E-state index contributed by atoms with van der Waals surface area (Å²) < 4.78 is 5.29. The van der Waals surface area contributed by atoms with Crippen LogP contribution in [0, 0.1) is 5.92 Å². The maximum atomic E-state index is 11.8. The van der Waals surface area contributed by atoms with Crippen molar-refractivity contribution in [3.63, 3.8) is 0 Å². The fourth-order valence-electron chi connectivity index (χ4n) is 2.40. The molecule has 1 saturated heterocycles. The zero-order valence-corrected chi connectivity index (χ0v) is 9.73. The van der Waals surface area contributed by atoms with E-state index in [1.165, 1.54) is 11.0 Å². The van der Waals surface area contributed by atoms with Gasteiger partial charge in [-0.2, -0.15) is 0 Å². The van der Waals surface area contributed by atoms with Gasteiger partial charge in [0.05, 0.1) is 0 Å². The van der Waals surface area contributed by atoms with Crippen LogP contribution in [-0.4, -0.2) is 36.0 Å². The number of carbonyl (C=O) groups is 2. The molecule has 0 N–H and O–H groups in total. The summed E-state index contributed by atoms with van der Waals surface area (Å²) in [5.74, 6) is 0.0754. The van der Waals surface area contributed by atoms with Gasteiger partial charge in [-0.25, -0.2) is 0 Å². The van der Waals surface area contributed by atoms with Crippen molar-refractivity contribution in [3.8, 4) is 0 Å². The van der Waals surface area contributed by atoms with E-state index in [2.05, 4.69) is 0 Å². The smallest absolute Gasteiger partial charge is 0.256 e. The van der Waals surface area contributed by atoms with Crippen molar-refractivity contribution < 1.29 is 14.3 Å². The van der Waals surface area contributed by atoms with Crippen molar-refractivity contribution in [2.75, 3.05) is 13.2 Å². The van der Waals surface area contributed by atoms with Crippen LogP contribution >= 0.6 is 0 Å². The standard InChI is InChI=1S/C12H17NO3/c1-8-7-11(14)13(12(8)15)9(2)10-3-5-16-6-4-10/h7,9-10H,3-6H2,1-2H3. The van der Waals surface area contributed by atoms with Crippen molar-refractivity contribution in [2.45, 2.75) is 32.7 Å². The first kappa shape index (κ1) is 11.3. The molecule has 1 fully saturated rings. The van der Waals surface area contributed by atoms with Gasteiger partial charge in [-0.1, -0.05) is 0 Å². The molecule has 2 aliphatic rings. The summed E-state index contributed by atoms with van der Waals surface area (Å²) in [6, 6.07) is -0.0161. The third kappa shape index (κ3) is 1.89. The predicted octanol–water partition coefficient (Wildman–Crippen LogP) is 1.12. The molecule has 16 heavy (non-hydrogen) atoms. The van der Waals surface area contributed by atoms with Crippen molar-refractivity contribution in [2.24, 2.45) is 5.92 Å². The molecule has 0 aromatic heterocycles. The summed E-state index contributed by atoms with van der Waals surface area (Å²) in [7, 11) is 0. The normalized spacial score (nSPS) is 24.9. The van der Waals surface area contributed by atoms with E-state index < -0.39 is 0 Å². The number of hydrogen-bond acceptors (Lipinski definition) is 3. The Balaban J connectivity index is 2.07. The topological polar surface area (TPSA) is 46.6 Å². The Kier molecular flexibility index (Phi) is 3.10. The quantitative estimate of drug-likeness (QED) is 0.659. The Bertz CT molecular complexity index is 342. The van der Waals surface area contributed by atoms with Crippen LogP contribution in [0.3, 0.4) is 0 Å². The molecule has 4 nitrogen and oxygen atoms in total. The van der Waals surface area contributed by atoms with Gasteiger partial charge in [0.15, 0.2) is 0 Å². The molecule has 0 aliphatic carbocycles. The molecule has 1 atom stereocenters. The third-order valence-electron chi connectivity index (χ3n) is 3.49. The number of amides is 2. The Morgan fingerprint density at radius 1 is 1.38 bits per heavy atom. The highest BCUT2D eigenvalue weighted by molar-refractivity contribution is 6.16. The zero-order valence-electron chi connectivity index (χ0n) is 9.73. The number of carbonyl (C=O) groups excluding carboxylic acids is 2. The lowest BCUT2D eigenvalue weighted by Gasteiger charge is -2.33. The highest BCUT2D eigenvalue weighted by Gasteiger charge is 2.36. The van der Waals surface area contributed by atoms with E-state index in [4.69, 9.17) is 4.74 Å². The summed E-state index contributed by atoms with van der Waals surface area (Å²) >= 11 is 0. The van der Waals surface area contributed by atoms with E-state index in [9.17, 15) is 9.59 Å². The van der Waals surface area contributed by atoms with Crippen molar-refractivity contribution in [1.29, 1.82) is 0 Å². The molecule has 2 rings (SSSR count). The number of nitrogens with zero attached hydrogens (tertiary/aromatic N) is 1. The molecule has 2 heterocycles. The fraction of sp³-hybridized carbons (Fsp3) is 0.667. The Morgan fingerprint density at radius 3 is 2.50 bits per heavy atom. The van der Waals surface area contributed by atoms with E-state index >= 15 is 0 Å². The van der Waals surface area contributed by atoms with Crippen LogP contribution < -0.4 is 0 Å². The van der Waals surface area contributed by atoms with Crippen LogP contribution in [0.4, 0.5) is 0 Å². The minimum Gasteiger partial charge on any atom is -0.381 e. The van der Waals surface area contributed by atoms with Gasteiger partial charge in [0.2, 0.25) is 0 Å². The first-order valence-corrected chi connectivity index (χ1v) is 5.75. The third-order valence-corrected chi connectivity index (χ3v) is 3.49. The largest absolute Gasteiger partial charge is 0.381 e. The second kappa shape index (κ2) is 4.37. The molecular weight excluding hydrogens is 206 g/mol. The molecule has 0 spiro atoms. The monoisotopic (exact) mass is 223 g/mol. The van der Waals surface area contributed by atoms with Gasteiger partial charge in [-0.15, -0.1) is 0 Å². The van der Waals surface area contributed by atoms with Gasteiger partial charge in [0.25, 0.3) is 11.8 Å². The van der Waals surface area contributed by atoms with Gasteiger partial charge in [-0.3, -0.25) is 14.5 Å². The van der Waals surface area contributed by atoms with Crippen LogP contribution in [0.5, 0.6) is 0 Å². The summed E-state index contributed by atoms with van der Waals surface area (Å²) in [4.78, 5) is 24.9. The second-order valence-electron chi connectivity index (χ2n) is 4.53. The van der Waals surface area contributed by atoms with Gasteiger partial charge < -0.3 is 4.74 Å². The van der Waals surface area contributed by atoms with Gasteiger partial charge in [-0.05, 0) is 32.6 Å². The zero-order chi connectivity index (χ0) is 11.7. The van der Waals surface area contributed by atoms with Crippen molar-refractivity contribution in [1.82, 2.24) is 4.90 Å². The van der Waals surface area contributed by atoms with Crippen LogP contribution in [-0.2, 0) is 14.3 Å². The van der Waals surface area contributed by atoms with E-state index in [1.807, 2.05) is 6.92 Å². The van der Waals surface area contributed by atoms with Gasteiger partial charge in [0, 0.05) is 30.9 Å². The minimum absolute atomic E-state index is 0.0161. The Morgan fingerprint density at radius 2 is 2.00 bits per heavy atom. The number of rotatable bonds is 2. The lowest BCUT2D eigenvalue weighted by molar-refractivity contribution is -0.141. The molecule has 2 amide bonds. The molecule has 0 bridgehead atoms. The maximum Gasteiger partial charge on any atom is 0.256 e. The van der Waals surface area contributed by atoms with E-state index in [0.29, 0.717) is 11.5 Å².